The number of carbonyl (C=O) groups is 2. The molecule has 5 heteroatoms. The molecule has 0 bridgehead atoms. The molecule has 0 spiro atoms. The molecule has 31 heavy (non-hydrogen) atoms. The summed E-state index contributed by atoms with van der Waals surface area (Å²) in [5.41, 5.74) is 3.24. The fourth-order valence-corrected chi connectivity index (χ4v) is 3.92. The molecule has 3 atom stereocenters. The zero-order valence-corrected chi connectivity index (χ0v) is 18.8. The molecule has 1 aliphatic rings. The minimum absolute atomic E-state index is 0.0633. The zero-order valence-electron chi connectivity index (χ0n) is 18.8. The first-order chi connectivity index (χ1) is 14.9. The van der Waals surface area contributed by atoms with Gasteiger partial charge in [0.25, 0.3) is 0 Å². The second kappa shape index (κ2) is 10.4. The number of nitrogens with zero attached hydrogens (tertiary/aromatic N) is 2. The van der Waals surface area contributed by atoms with Crippen LogP contribution in [-0.2, 0) is 20.9 Å². The normalized spacial score (nSPS) is 18.6. The van der Waals surface area contributed by atoms with E-state index in [4.69, 9.17) is 4.74 Å². The number of esters is 1. The van der Waals surface area contributed by atoms with Crippen LogP contribution in [0.15, 0.2) is 72.3 Å². The van der Waals surface area contributed by atoms with Crippen molar-refractivity contribution in [2.75, 3.05) is 13.6 Å². The minimum Gasteiger partial charge on any atom is -0.454 e. The average molecular weight is 421 g/mol. The summed E-state index contributed by atoms with van der Waals surface area (Å²) in [6, 6.07) is 19.2. The van der Waals surface area contributed by atoms with Crippen LogP contribution < -0.4 is 0 Å². The van der Waals surface area contributed by atoms with E-state index in [0.717, 1.165) is 11.1 Å². The Morgan fingerprint density at radius 2 is 1.71 bits per heavy atom. The van der Waals surface area contributed by atoms with Crippen LogP contribution in [0.5, 0.6) is 0 Å². The monoisotopic (exact) mass is 420 g/mol. The molecule has 0 fully saturated rings. The molecular weight excluding hydrogens is 388 g/mol. The third-order valence-corrected chi connectivity index (χ3v) is 6.05. The molecule has 3 rings (SSSR count). The topological polar surface area (TPSA) is 49.9 Å². The summed E-state index contributed by atoms with van der Waals surface area (Å²) >= 11 is 0. The van der Waals surface area contributed by atoms with Gasteiger partial charge in [-0.3, -0.25) is 14.5 Å². The molecule has 5 nitrogen and oxygen atoms in total. The summed E-state index contributed by atoms with van der Waals surface area (Å²) in [5.74, 6) is -0.312. The van der Waals surface area contributed by atoms with Crippen LogP contribution in [0.4, 0.5) is 0 Å². The fourth-order valence-electron chi connectivity index (χ4n) is 3.92. The first-order valence-corrected chi connectivity index (χ1v) is 10.8. The first-order valence-electron chi connectivity index (χ1n) is 10.8. The van der Waals surface area contributed by atoms with E-state index < -0.39 is 6.10 Å². The molecular formula is C26H32N2O3. The lowest BCUT2D eigenvalue weighted by Crippen LogP contribution is -2.46. The third-order valence-electron chi connectivity index (χ3n) is 6.05. The van der Waals surface area contributed by atoms with Gasteiger partial charge >= 0.3 is 5.97 Å². The van der Waals surface area contributed by atoms with E-state index in [0.29, 0.717) is 19.5 Å². The van der Waals surface area contributed by atoms with Gasteiger partial charge in [-0.15, -0.1) is 0 Å². The molecule has 1 heterocycles. The molecule has 2 aromatic rings. The van der Waals surface area contributed by atoms with Crippen LogP contribution in [-0.4, -0.2) is 47.4 Å². The highest BCUT2D eigenvalue weighted by Gasteiger charge is 2.34. The Morgan fingerprint density at radius 3 is 2.32 bits per heavy atom. The van der Waals surface area contributed by atoms with Crippen molar-refractivity contribution in [2.45, 2.75) is 51.9 Å². The molecule has 0 N–H and O–H groups in total. The number of benzene rings is 2. The van der Waals surface area contributed by atoms with Crippen molar-refractivity contribution >= 4 is 11.9 Å². The van der Waals surface area contributed by atoms with Crippen molar-refractivity contribution in [3.8, 4) is 0 Å². The van der Waals surface area contributed by atoms with Gasteiger partial charge < -0.3 is 9.64 Å². The van der Waals surface area contributed by atoms with Gasteiger partial charge in [-0.1, -0.05) is 72.3 Å². The van der Waals surface area contributed by atoms with Crippen molar-refractivity contribution in [1.29, 1.82) is 0 Å². The lowest BCUT2D eigenvalue weighted by molar-refractivity contribution is -0.161. The second-order valence-corrected chi connectivity index (χ2v) is 8.32. The maximum atomic E-state index is 13.4. The molecule has 0 aromatic heterocycles. The Balaban J connectivity index is 1.83. The summed E-state index contributed by atoms with van der Waals surface area (Å²) in [6.45, 7) is 6.89. The van der Waals surface area contributed by atoms with Gasteiger partial charge in [0.15, 0.2) is 0 Å². The van der Waals surface area contributed by atoms with Gasteiger partial charge in [-0.25, -0.2) is 0 Å². The molecule has 2 aromatic carbocycles. The van der Waals surface area contributed by atoms with E-state index in [1.54, 1.807) is 11.9 Å². The summed E-state index contributed by atoms with van der Waals surface area (Å²) in [5, 5.41) is 0. The van der Waals surface area contributed by atoms with E-state index in [-0.39, 0.29) is 24.0 Å². The van der Waals surface area contributed by atoms with Gasteiger partial charge in [0.05, 0.1) is 6.04 Å². The minimum atomic E-state index is -0.535. The van der Waals surface area contributed by atoms with E-state index in [9.17, 15) is 9.59 Å². The van der Waals surface area contributed by atoms with Crippen LogP contribution in [0, 0.1) is 0 Å². The predicted molar refractivity (Wildman–Crippen MR) is 122 cm³/mol. The Kier molecular flexibility index (Phi) is 7.64. The molecule has 1 unspecified atom stereocenters. The number of rotatable bonds is 7. The van der Waals surface area contributed by atoms with Crippen molar-refractivity contribution in [3.05, 3.63) is 83.4 Å². The zero-order chi connectivity index (χ0) is 22.4. The summed E-state index contributed by atoms with van der Waals surface area (Å²) in [4.78, 5) is 29.2. The summed E-state index contributed by atoms with van der Waals surface area (Å²) < 4.78 is 6.12. The van der Waals surface area contributed by atoms with Crippen LogP contribution in [0.2, 0.25) is 0 Å². The maximum absolute atomic E-state index is 13.4. The fraction of sp³-hybridized carbons (Fsp3) is 0.385. The predicted octanol–water partition coefficient (Wildman–Crippen LogP) is 4.36. The average Bonchev–Trinajstić information content (AvgIpc) is 2.78. The largest absolute Gasteiger partial charge is 0.454 e. The van der Waals surface area contributed by atoms with Crippen LogP contribution in [0.3, 0.4) is 0 Å². The number of ether oxygens (including phenoxy) is 1. The van der Waals surface area contributed by atoms with Crippen molar-refractivity contribution in [2.24, 2.45) is 0 Å². The Bertz CT molecular complexity index is 911. The SMILES string of the molecule is CC(=O)N(C)C(C)[C@H](OC(=O)[C@@H]1CC(C)=CCN1Cc1ccccc1)c1ccccc1. The first kappa shape index (κ1) is 22.8. The highest BCUT2D eigenvalue weighted by molar-refractivity contribution is 5.77. The summed E-state index contributed by atoms with van der Waals surface area (Å²) in [7, 11) is 1.74. The standard InChI is InChI=1S/C26H32N2O3/c1-19-15-16-28(18-22-11-7-5-8-12-22)24(17-19)26(30)31-25(20(2)27(4)21(3)29)23-13-9-6-10-14-23/h5-15,20,24-25H,16-18H2,1-4H3/t20?,24-,25-/m0/s1. The number of hydrogen-bond acceptors (Lipinski definition) is 4. The highest BCUT2D eigenvalue weighted by Crippen LogP contribution is 2.28. The lowest BCUT2D eigenvalue weighted by atomic mass is 9.99. The van der Waals surface area contributed by atoms with Crippen LogP contribution >= 0.6 is 0 Å². The molecule has 0 radical (unpaired) electrons. The second-order valence-electron chi connectivity index (χ2n) is 8.32. The third kappa shape index (κ3) is 5.82. The van der Waals surface area contributed by atoms with Crippen molar-refractivity contribution in [1.82, 2.24) is 9.80 Å². The quantitative estimate of drug-likeness (QED) is 0.493. The van der Waals surface area contributed by atoms with E-state index >= 15 is 0 Å². The smallest absolute Gasteiger partial charge is 0.324 e. The van der Waals surface area contributed by atoms with Gasteiger partial charge in [0.1, 0.15) is 12.1 Å². The molecule has 0 saturated heterocycles. The lowest BCUT2D eigenvalue weighted by Gasteiger charge is -2.36. The molecule has 164 valence electrons. The van der Waals surface area contributed by atoms with Crippen molar-refractivity contribution < 1.29 is 14.3 Å². The Hall–Kier alpha value is -2.92. The number of likely N-dealkylation sites (N-methyl/N-ethyl adjacent to an activating group) is 1. The van der Waals surface area contributed by atoms with Gasteiger partial charge in [-0.05, 0) is 31.4 Å². The van der Waals surface area contributed by atoms with Crippen molar-refractivity contribution in [3.63, 3.8) is 0 Å². The van der Waals surface area contributed by atoms with Gasteiger partial charge in [0.2, 0.25) is 5.91 Å². The van der Waals surface area contributed by atoms with E-state index in [1.165, 1.54) is 12.5 Å². The van der Waals surface area contributed by atoms with E-state index in [2.05, 4.69) is 30.0 Å². The van der Waals surface area contributed by atoms with E-state index in [1.807, 2.05) is 55.5 Å². The number of amides is 1. The molecule has 1 aliphatic heterocycles. The summed E-state index contributed by atoms with van der Waals surface area (Å²) in [6.07, 6.45) is 2.28. The molecule has 0 saturated carbocycles. The van der Waals surface area contributed by atoms with Crippen LogP contribution in [0.1, 0.15) is 44.4 Å². The van der Waals surface area contributed by atoms with Gasteiger partial charge in [0, 0.05) is 27.1 Å². The molecule has 1 amide bonds. The Labute approximate surface area is 185 Å². The number of carbonyl (C=O) groups excluding carboxylic acids is 2. The number of hydrogen-bond donors (Lipinski definition) is 0. The maximum Gasteiger partial charge on any atom is 0.324 e. The van der Waals surface area contributed by atoms with Gasteiger partial charge in [-0.2, -0.15) is 0 Å². The molecule has 0 aliphatic carbocycles. The van der Waals surface area contributed by atoms with Crippen LogP contribution in [0.25, 0.3) is 0 Å². The highest BCUT2D eigenvalue weighted by atomic mass is 16.5. The Morgan fingerprint density at radius 1 is 1.10 bits per heavy atom.